The number of nitrogens with two attached hydrogens (primary N) is 1. The van der Waals surface area contributed by atoms with Gasteiger partial charge in [0.15, 0.2) is 0 Å². The van der Waals surface area contributed by atoms with Gasteiger partial charge in [-0.05, 0) is 50.1 Å². The standard InChI is InChI=1S/C19H18N6O/c1-11-7-12(2)16(13(3)8-11)26-19-24-17(21)23-18(25-19)22-15-6-4-5-14(9-15)10-20/h4-9H,1-3H3,(H3,21,22,23,24,25). The second-order valence-electron chi connectivity index (χ2n) is 5.95. The van der Waals surface area contributed by atoms with E-state index < -0.39 is 0 Å². The molecule has 2 aromatic carbocycles. The third kappa shape index (κ3) is 3.87. The maximum atomic E-state index is 8.99. The molecule has 26 heavy (non-hydrogen) atoms. The molecule has 3 aromatic rings. The maximum absolute atomic E-state index is 8.99. The first-order valence-corrected chi connectivity index (χ1v) is 7.99. The Kier molecular flexibility index (Phi) is 4.67. The number of nitrogen functional groups attached to an aromatic ring is 1. The van der Waals surface area contributed by atoms with Crippen LogP contribution in [-0.4, -0.2) is 15.0 Å². The van der Waals surface area contributed by atoms with E-state index in [0.717, 1.165) is 16.7 Å². The molecule has 3 rings (SSSR count). The fraction of sp³-hybridized carbons (Fsp3) is 0.158. The van der Waals surface area contributed by atoms with Crippen molar-refractivity contribution >= 4 is 17.6 Å². The fourth-order valence-corrected chi connectivity index (χ4v) is 2.69. The molecule has 0 amide bonds. The molecule has 0 saturated heterocycles. The SMILES string of the molecule is Cc1cc(C)c(Oc2nc(N)nc(Nc3cccc(C#N)c3)n2)c(C)c1. The molecule has 0 bridgehead atoms. The number of nitrogens with one attached hydrogen (secondary N) is 1. The minimum absolute atomic E-state index is 0.0383. The maximum Gasteiger partial charge on any atom is 0.328 e. The molecule has 0 atom stereocenters. The normalized spacial score (nSPS) is 10.2. The largest absolute Gasteiger partial charge is 0.424 e. The van der Waals surface area contributed by atoms with E-state index in [1.807, 2.05) is 32.9 Å². The Labute approximate surface area is 151 Å². The summed E-state index contributed by atoms with van der Waals surface area (Å²) in [6.07, 6.45) is 0. The second-order valence-corrected chi connectivity index (χ2v) is 5.95. The van der Waals surface area contributed by atoms with Crippen LogP contribution in [0.4, 0.5) is 17.6 Å². The number of anilines is 3. The number of benzene rings is 2. The minimum Gasteiger partial charge on any atom is -0.424 e. The number of nitrogens with zero attached hydrogens (tertiary/aromatic N) is 4. The molecule has 1 heterocycles. The van der Waals surface area contributed by atoms with Crippen LogP contribution in [-0.2, 0) is 0 Å². The average molecular weight is 346 g/mol. The summed E-state index contributed by atoms with van der Waals surface area (Å²) in [4.78, 5) is 12.4. The summed E-state index contributed by atoms with van der Waals surface area (Å²) in [5.41, 5.74) is 10.1. The van der Waals surface area contributed by atoms with Gasteiger partial charge in [0.2, 0.25) is 11.9 Å². The van der Waals surface area contributed by atoms with Crippen molar-refractivity contribution in [2.24, 2.45) is 0 Å². The van der Waals surface area contributed by atoms with E-state index in [1.54, 1.807) is 24.3 Å². The molecule has 0 spiro atoms. The number of aromatic nitrogens is 3. The molecule has 0 aliphatic heterocycles. The zero-order valence-corrected chi connectivity index (χ0v) is 14.7. The van der Waals surface area contributed by atoms with Crippen molar-refractivity contribution < 1.29 is 4.74 Å². The van der Waals surface area contributed by atoms with Gasteiger partial charge in [-0.25, -0.2) is 0 Å². The summed E-state index contributed by atoms with van der Waals surface area (Å²) in [7, 11) is 0. The smallest absolute Gasteiger partial charge is 0.328 e. The Balaban J connectivity index is 1.90. The van der Waals surface area contributed by atoms with Gasteiger partial charge in [-0.15, -0.1) is 0 Å². The van der Waals surface area contributed by atoms with Crippen molar-refractivity contribution in [2.45, 2.75) is 20.8 Å². The van der Waals surface area contributed by atoms with Gasteiger partial charge in [-0.2, -0.15) is 20.2 Å². The number of rotatable bonds is 4. The van der Waals surface area contributed by atoms with E-state index in [1.165, 1.54) is 0 Å². The summed E-state index contributed by atoms with van der Waals surface area (Å²) in [6.45, 7) is 5.96. The molecule has 7 heteroatoms. The molecule has 3 N–H and O–H groups in total. The molecular weight excluding hydrogens is 328 g/mol. The van der Waals surface area contributed by atoms with Crippen LogP contribution in [0.2, 0.25) is 0 Å². The highest BCUT2D eigenvalue weighted by atomic mass is 16.5. The summed E-state index contributed by atoms with van der Waals surface area (Å²) in [6, 6.07) is 13.2. The molecule has 0 saturated carbocycles. The van der Waals surface area contributed by atoms with Crippen molar-refractivity contribution in [3.63, 3.8) is 0 Å². The monoisotopic (exact) mass is 346 g/mol. The minimum atomic E-state index is 0.0383. The van der Waals surface area contributed by atoms with Crippen molar-refractivity contribution in [1.82, 2.24) is 15.0 Å². The van der Waals surface area contributed by atoms with Crippen LogP contribution >= 0.6 is 0 Å². The van der Waals surface area contributed by atoms with Crippen LogP contribution in [0.5, 0.6) is 11.8 Å². The van der Waals surface area contributed by atoms with Crippen molar-refractivity contribution in [2.75, 3.05) is 11.1 Å². The quantitative estimate of drug-likeness (QED) is 0.739. The molecule has 0 fully saturated rings. The van der Waals surface area contributed by atoms with E-state index in [9.17, 15) is 0 Å². The lowest BCUT2D eigenvalue weighted by atomic mass is 10.1. The Morgan fingerprint density at radius 2 is 1.77 bits per heavy atom. The highest BCUT2D eigenvalue weighted by Crippen LogP contribution is 2.29. The van der Waals surface area contributed by atoms with Gasteiger partial charge in [-0.1, -0.05) is 23.8 Å². The molecular formula is C19H18N6O. The topological polar surface area (TPSA) is 110 Å². The Morgan fingerprint density at radius 3 is 2.46 bits per heavy atom. The van der Waals surface area contributed by atoms with Gasteiger partial charge >= 0.3 is 6.01 Å². The summed E-state index contributed by atoms with van der Waals surface area (Å²) in [5, 5.41) is 12.0. The lowest BCUT2D eigenvalue weighted by Gasteiger charge is -2.12. The van der Waals surface area contributed by atoms with Gasteiger partial charge in [0.25, 0.3) is 0 Å². The second kappa shape index (κ2) is 7.07. The van der Waals surface area contributed by atoms with E-state index in [-0.39, 0.29) is 17.9 Å². The third-order valence-electron chi connectivity index (χ3n) is 3.68. The highest BCUT2D eigenvalue weighted by Gasteiger charge is 2.11. The van der Waals surface area contributed by atoms with Crippen molar-refractivity contribution in [1.29, 1.82) is 5.26 Å². The van der Waals surface area contributed by atoms with Crippen LogP contribution in [0.1, 0.15) is 22.3 Å². The first-order valence-electron chi connectivity index (χ1n) is 7.99. The predicted molar refractivity (Wildman–Crippen MR) is 99.4 cm³/mol. The zero-order chi connectivity index (χ0) is 18.7. The Morgan fingerprint density at radius 1 is 1.04 bits per heavy atom. The van der Waals surface area contributed by atoms with Gasteiger partial charge in [0, 0.05) is 5.69 Å². The lowest BCUT2D eigenvalue weighted by Crippen LogP contribution is -2.06. The van der Waals surface area contributed by atoms with Crippen molar-refractivity contribution in [3.05, 3.63) is 58.7 Å². The van der Waals surface area contributed by atoms with E-state index in [4.69, 9.17) is 15.7 Å². The molecule has 0 aliphatic carbocycles. The third-order valence-corrected chi connectivity index (χ3v) is 3.68. The lowest BCUT2D eigenvalue weighted by molar-refractivity contribution is 0.435. The van der Waals surface area contributed by atoms with Crippen LogP contribution in [0.3, 0.4) is 0 Å². The van der Waals surface area contributed by atoms with Gasteiger partial charge in [0.1, 0.15) is 5.75 Å². The van der Waals surface area contributed by atoms with E-state index in [0.29, 0.717) is 17.0 Å². The summed E-state index contributed by atoms with van der Waals surface area (Å²) >= 11 is 0. The first kappa shape index (κ1) is 17.2. The molecule has 7 nitrogen and oxygen atoms in total. The molecule has 0 radical (unpaired) electrons. The zero-order valence-electron chi connectivity index (χ0n) is 14.7. The van der Waals surface area contributed by atoms with E-state index >= 15 is 0 Å². The highest BCUT2D eigenvalue weighted by molar-refractivity contribution is 5.57. The Bertz CT molecular complexity index is 986. The van der Waals surface area contributed by atoms with Gasteiger partial charge in [0.05, 0.1) is 11.6 Å². The van der Waals surface area contributed by atoms with Crippen LogP contribution < -0.4 is 15.8 Å². The molecule has 130 valence electrons. The Hall–Kier alpha value is -3.66. The summed E-state index contributed by atoms with van der Waals surface area (Å²) in [5.74, 6) is 0.972. The molecule has 1 aromatic heterocycles. The van der Waals surface area contributed by atoms with Crippen LogP contribution in [0, 0.1) is 32.1 Å². The number of aryl methyl sites for hydroxylation is 3. The molecule has 0 unspecified atom stereocenters. The number of hydrogen-bond donors (Lipinski definition) is 2. The summed E-state index contributed by atoms with van der Waals surface area (Å²) < 4.78 is 5.86. The van der Waals surface area contributed by atoms with Gasteiger partial charge < -0.3 is 15.8 Å². The number of ether oxygens (including phenoxy) is 1. The van der Waals surface area contributed by atoms with E-state index in [2.05, 4.69) is 26.3 Å². The average Bonchev–Trinajstić information content (AvgIpc) is 2.58. The van der Waals surface area contributed by atoms with Crippen LogP contribution in [0.15, 0.2) is 36.4 Å². The van der Waals surface area contributed by atoms with Crippen LogP contribution in [0.25, 0.3) is 0 Å². The fourth-order valence-electron chi connectivity index (χ4n) is 2.69. The number of nitriles is 1. The molecule has 0 aliphatic rings. The number of hydrogen-bond acceptors (Lipinski definition) is 7. The predicted octanol–water partition coefficient (Wildman–Crippen LogP) is 3.79. The first-order chi connectivity index (χ1) is 12.4. The van der Waals surface area contributed by atoms with Gasteiger partial charge in [-0.3, -0.25) is 0 Å². The van der Waals surface area contributed by atoms with Crippen molar-refractivity contribution in [3.8, 4) is 17.8 Å².